The van der Waals surface area contributed by atoms with E-state index in [1.54, 1.807) is 0 Å². The molecular formula is C12H19N3S. The summed E-state index contributed by atoms with van der Waals surface area (Å²) >= 11 is 1.96. The Morgan fingerprint density at radius 1 is 1.56 bits per heavy atom. The van der Waals surface area contributed by atoms with Crippen LogP contribution >= 0.6 is 11.8 Å². The highest BCUT2D eigenvalue weighted by Crippen LogP contribution is 2.42. The summed E-state index contributed by atoms with van der Waals surface area (Å²) in [5.74, 6) is 0.825. The van der Waals surface area contributed by atoms with Crippen molar-refractivity contribution >= 4 is 23.3 Å². The molecule has 1 aromatic heterocycles. The van der Waals surface area contributed by atoms with E-state index in [0.29, 0.717) is 4.75 Å². The van der Waals surface area contributed by atoms with Crippen molar-refractivity contribution in [2.75, 3.05) is 23.9 Å². The number of aromatic nitrogens is 1. The molecule has 0 atom stereocenters. The minimum Gasteiger partial charge on any atom is -0.396 e. The van der Waals surface area contributed by atoms with Gasteiger partial charge in [0.25, 0.3) is 0 Å². The van der Waals surface area contributed by atoms with Gasteiger partial charge in [0, 0.05) is 17.5 Å². The summed E-state index contributed by atoms with van der Waals surface area (Å²) in [6.07, 6.45) is 7.98. The van der Waals surface area contributed by atoms with Crippen LogP contribution < -0.4 is 11.1 Å². The van der Waals surface area contributed by atoms with Crippen molar-refractivity contribution in [1.29, 1.82) is 0 Å². The van der Waals surface area contributed by atoms with Gasteiger partial charge in [-0.25, -0.2) is 4.98 Å². The molecule has 3 nitrogen and oxygen atoms in total. The molecule has 0 amide bonds. The molecule has 0 saturated heterocycles. The zero-order valence-electron chi connectivity index (χ0n) is 9.92. The summed E-state index contributed by atoms with van der Waals surface area (Å²) in [4.78, 5) is 4.33. The standard InChI is InChI=1S/C12H19N3S/c1-9-6-10(13)11(14-7-9)15-8-12(16-2)4-3-5-12/h6-7H,3-5,8,13H2,1-2H3,(H,14,15). The fourth-order valence-corrected chi connectivity index (χ4v) is 2.92. The molecule has 1 saturated carbocycles. The average molecular weight is 237 g/mol. The summed E-state index contributed by atoms with van der Waals surface area (Å²) in [5, 5.41) is 3.38. The molecule has 1 heterocycles. The molecule has 88 valence electrons. The van der Waals surface area contributed by atoms with Crippen molar-refractivity contribution in [3.05, 3.63) is 17.8 Å². The van der Waals surface area contributed by atoms with E-state index in [-0.39, 0.29) is 0 Å². The van der Waals surface area contributed by atoms with Crippen LogP contribution in [-0.4, -0.2) is 22.5 Å². The molecule has 2 rings (SSSR count). The monoisotopic (exact) mass is 237 g/mol. The molecule has 0 unspecified atom stereocenters. The van der Waals surface area contributed by atoms with E-state index in [9.17, 15) is 0 Å². The summed E-state index contributed by atoms with van der Waals surface area (Å²) in [6.45, 7) is 2.97. The first-order valence-corrected chi connectivity index (χ1v) is 6.89. The van der Waals surface area contributed by atoms with Gasteiger partial charge in [-0.2, -0.15) is 11.8 Å². The second-order valence-corrected chi connectivity index (χ2v) is 5.82. The Morgan fingerprint density at radius 3 is 2.81 bits per heavy atom. The molecule has 3 N–H and O–H groups in total. The number of hydrogen-bond acceptors (Lipinski definition) is 4. The van der Waals surface area contributed by atoms with Crippen LogP contribution in [0.4, 0.5) is 11.5 Å². The van der Waals surface area contributed by atoms with E-state index in [0.717, 1.165) is 23.6 Å². The van der Waals surface area contributed by atoms with Crippen molar-refractivity contribution in [2.24, 2.45) is 0 Å². The van der Waals surface area contributed by atoms with Gasteiger partial charge in [-0.05, 0) is 37.7 Å². The second-order valence-electron chi connectivity index (χ2n) is 4.54. The van der Waals surface area contributed by atoms with Crippen molar-refractivity contribution < 1.29 is 0 Å². The Hall–Kier alpha value is -0.900. The molecule has 0 radical (unpaired) electrons. The molecular weight excluding hydrogens is 218 g/mol. The van der Waals surface area contributed by atoms with Gasteiger partial charge in [0.05, 0.1) is 5.69 Å². The van der Waals surface area contributed by atoms with E-state index in [1.807, 2.05) is 30.9 Å². The number of nitrogens with two attached hydrogens (primary N) is 1. The Kier molecular flexibility index (Phi) is 3.28. The van der Waals surface area contributed by atoms with E-state index in [1.165, 1.54) is 19.3 Å². The van der Waals surface area contributed by atoms with E-state index in [4.69, 9.17) is 5.73 Å². The third-order valence-electron chi connectivity index (χ3n) is 3.33. The van der Waals surface area contributed by atoms with Crippen molar-refractivity contribution in [2.45, 2.75) is 30.9 Å². The predicted molar refractivity (Wildman–Crippen MR) is 72.0 cm³/mol. The number of anilines is 2. The molecule has 0 bridgehead atoms. The smallest absolute Gasteiger partial charge is 0.149 e. The van der Waals surface area contributed by atoms with Gasteiger partial charge in [0.15, 0.2) is 0 Å². The number of nitrogens with one attached hydrogen (secondary N) is 1. The van der Waals surface area contributed by atoms with Crippen LogP contribution in [-0.2, 0) is 0 Å². The van der Waals surface area contributed by atoms with Crippen molar-refractivity contribution in [3.63, 3.8) is 0 Å². The largest absolute Gasteiger partial charge is 0.396 e. The van der Waals surface area contributed by atoms with Gasteiger partial charge >= 0.3 is 0 Å². The number of pyridine rings is 1. The van der Waals surface area contributed by atoms with Crippen LogP contribution in [0.25, 0.3) is 0 Å². The maximum atomic E-state index is 5.92. The van der Waals surface area contributed by atoms with Gasteiger partial charge in [0.1, 0.15) is 5.82 Å². The zero-order valence-corrected chi connectivity index (χ0v) is 10.7. The van der Waals surface area contributed by atoms with Crippen molar-refractivity contribution in [1.82, 2.24) is 4.98 Å². The lowest BCUT2D eigenvalue weighted by Gasteiger charge is -2.40. The fraction of sp³-hybridized carbons (Fsp3) is 0.583. The first-order valence-electron chi connectivity index (χ1n) is 5.66. The van der Waals surface area contributed by atoms with E-state index < -0.39 is 0 Å². The first kappa shape index (κ1) is 11.6. The lowest BCUT2D eigenvalue weighted by molar-refractivity contribution is 0.379. The number of nitrogens with zero attached hydrogens (tertiary/aromatic N) is 1. The topological polar surface area (TPSA) is 50.9 Å². The summed E-state index contributed by atoms with van der Waals surface area (Å²) in [7, 11) is 0. The molecule has 1 fully saturated rings. The molecule has 4 heteroatoms. The number of aryl methyl sites for hydroxylation is 1. The molecule has 1 aliphatic rings. The third kappa shape index (κ3) is 2.26. The van der Waals surface area contributed by atoms with E-state index in [2.05, 4.69) is 16.6 Å². The Balaban J connectivity index is 1.99. The maximum absolute atomic E-state index is 5.92. The highest BCUT2D eigenvalue weighted by molar-refractivity contribution is 8.00. The number of hydrogen-bond donors (Lipinski definition) is 2. The average Bonchev–Trinajstić information content (AvgIpc) is 2.19. The number of nitrogen functional groups attached to an aromatic ring is 1. The number of rotatable bonds is 4. The molecule has 1 aliphatic carbocycles. The van der Waals surface area contributed by atoms with Gasteiger partial charge < -0.3 is 11.1 Å². The van der Waals surface area contributed by atoms with Crippen LogP contribution in [0.15, 0.2) is 12.3 Å². The van der Waals surface area contributed by atoms with Gasteiger partial charge in [-0.1, -0.05) is 6.42 Å². The maximum Gasteiger partial charge on any atom is 0.149 e. The van der Waals surface area contributed by atoms with E-state index >= 15 is 0 Å². The van der Waals surface area contributed by atoms with Gasteiger partial charge in [-0.15, -0.1) is 0 Å². The Morgan fingerprint density at radius 2 is 2.31 bits per heavy atom. The Labute approximate surface area is 101 Å². The third-order valence-corrected chi connectivity index (χ3v) is 4.75. The van der Waals surface area contributed by atoms with Crippen molar-refractivity contribution in [3.8, 4) is 0 Å². The lowest BCUT2D eigenvalue weighted by atomic mass is 9.84. The molecule has 16 heavy (non-hydrogen) atoms. The predicted octanol–water partition coefficient (Wildman–Crippen LogP) is 2.67. The highest BCUT2D eigenvalue weighted by Gasteiger charge is 2.35. The highest BCUT2D eigenvalue weighted by atomic mass is 32.2. The minimum absolute atomic E-state index is 0.416. The quantitative estimate of drug-likeness (QED) is 0.845. The molecule has 1 aromatic rings. The normalized spacial score (nSPS) is 17.9. The fourth-order valence-electron chi connectivity index (χ4n) is 2.01. The SMILES string of the molecule is CSC1(CNc2ncc(C)cc2N)CCC1. The summed E-state index contributed by atoms with van der Waals surface area (Å²) < 4.78 is 0.416. The molecule has 0 aliphatic heterocycles. The lowest BCUT2D eigenvalue weighted by Crippen LogP contribution is -2.40. The molecule has 0 spiro atoms. The van der Waals surface area contributed by atoms with Crippen LogP contribution in [0.2, 0.25) is 0 Å². The van der Waals surface area contributed by atoms with Crippen LogP contribution in [0.3, 0.4) is 0 Å². The Bertz CT molecular complexity index is 369. The van der Waals surface area contributed by atoms with Crippen LogP contribution in [0, 0.1) is 6.92 Å². The molecule has 0 aromatic carbocycles. The van der Waals surface area contributed by atoms with Crippen LogP contribution in [0.5, 0.6) is 0 Å². The van der Waals surface area contributed by atoms with Gasteiger partial charge in [-0.3, -0.25) is 0 Å². The first-order chi connectivity index (χ1) is 7.65. The van der Waals surface area contributed by atoms with Crippen LogP contribution in [0.1, 0.15) is 24.8 Å². The zero-order chi connectivity index (χ0) is 11.6. The summed E-state index contributed by atoms with van der Waals surface area (Å²) in [6, 6.07) is 1.96. The summed E-state index contributed by atoms with van der Waals surface area (Å²) in [5.41, 5.74) is 7.77. The second kappa shape index (κ2) is 4.53. The number of thioether (sulfide) groups is 1. The van der Waals surface area contributed by atoms with Gasteiger partial charge in [0.2, 0.25) is 0 Å². The minimum atomic E-state index is 0.416.